The number of Topliss-reactive ketones (excluding diaryl/α,β-unsaturated/α-hetero) is 1. The molecular formula is C15H25NO4. The third-order valence-electron chi connectivity index (χ3n) is 4.46. The smallest absolute Gasteiger partial charge is 0.328 e. The molecule has 0 saturated carbocycles. The standard InChI is InChI=1S/C15H25NO4/c1-10(2)15(3,4)12(17)13(18)16-9-7-6-8-11(16)14(19)20-5/h10-11H,6-9H2,1-5H3. The zero-order chi connectivity index (χ0) is 15.5. The number of ketones is 1. The number of esters is 1. The van der Waals surface area contributed by atoms with Gasteiger partial charge in [0.05, 0.1) is 7.11 Å². The lowest BCUT2D eigenvalue weighted by molar-refractivity contribution is -0.160. The second kappa shape index (κ2) is 6.37. The van der Waals surface area contributed by atoms with E-state index in [0.717, 1.165) is 12.8 Å². The SMILES string of the molecule is COC(=O)C1CCCCN1C(=O)C(=O)C(C)(C)C(C)C. The van der Waals surface area contributed by atoms with Crippen LogP contribution >= 0.6 is 0 Å². The van der Waals surface area contributed by atoms with Crippen molar-refractivity contribution >= 4 is 17.7 Å². The van der Waals surface area contributed by atoms with Gasteiger partial charge in [0.25, 0.3) is 5.91 Å². The number of hydrogen-bond donors (Lipinski definition) is 0. The van der Waals surface area contributed by atoms with Crippen LogP contribution in [0.1, 0.15) is 47.0 Å². The van der Waals surface area contributed by atoms with Crippen LogP contribution in [0, 0.1) is 11.3 Å². The van der Waals surface area contributed by atoms with Crippen molar-refractivity contribution in [3.05, 3.63) is 0 Å². The molecule has 1 atom stereocenters. The highest BCUT2D eigenvalue weighted by Gasteiger charge is 2.42. The number of amides is 1. The summed E-state index contributed by atoms with van der Waals surface area (Å²) in [4.78, 5) is 38.0. The summed E-state index contributed by atoms with van der Waals surface area (Å²) in [5.74, 6) is -1.37. The molecule has 1 aliphatic heterocycles. The molecular weight excluding hydrogens is 258 g/mol. The molecule has 5 heteroatoms. The topological polar surface area (TPSA) is 63.7 Å². The van der Waals surface area contributed by atoms with Crippen LogP contribution in [0.4, 0.5) is 0 Å². The van der Waals surface area contributed by atoms with Crippen LogP contribution in [0.3, 0.4) is 0 Å². The van der Waals surface area contributed by atoms with Gasteiger partial charge in [0.2, 0.25) is 5.78 Å². The number of carbonyl (C=O) groups is 3. The van der Waals surface area contributed by atoms with Crippen LogP contribution in [0.15, 0.2) is 0 Å². The second-order valence-electron chi connectivity index (χ2n) is 6.24. The lowest BCUT2D eigenvalue weighted by atomic mass is 9.76. The molecule has 0 spiro atoms. The average Bonchev–Trinajstić information content (AvgIpc) is 2.44. The molecule has 1 fully saturated rings. The Kier molecular flexibility index (Phi) is 5.31. The predicted octanol–water partition coefficient (Wildman–Crippen LogP) is 1.79. The molecule has 5 nitrogen and oxygen atoms in total. The summed E-state index contributed by atoms with van der Waals surface area (Å²) in [5, 5.41) is 0. The van der Waals surface area contributed by atoms with E-state index in [9.17, 15) is 14.4 Å². The van der Waals surface area contributed by atoms with Crippen molar-refractivity contribution in [1.82, 2.24) is 4.90 Å². The molecule has 1 unspecified atom stereocenters. The van der Waals surface area contributed by atoms with Crippen molar-refractivity contribution < 1.29 is 19.1 Å². The average molecular weight is 283 g/mol. The predicted molar refractivity (Wildman–Crippen MR) is 75.0 cm³/mol. The monoisotopic (exact) mass is 283 g/mol. The maximum absolute atomic E-state index is 12.4. The fourth-order valence-electron chi connectivity index (χ4n) is 2.22. The Morgan fingerprint density at radius 3 is 2.30 bits per heavy atom. The summed E-state index contributed by atoms with van der Waals surface area (Å²) in [6.45, 7) is 7.82. The quantitative estimate of drug-likeness (QED) is 0.583. The Morgan fingerprint density at radius 1 is 1.20 bits per heavy atom. The van der Waals surface area contributed by atoms with Gasteiger partial charge in [-0.3, -0.25) is 9.59 Å². The first-order valence-electron chi connectivity index (χ1n) is 7.16. The van der Waals surface area contributed by atoms with Crippen molar-refractivity contribution in [3.63, 3.8) is 0 Å². The number of nitrogens with zero attached hydrogens (tertiary/aromatic N) is 1. The lowest BCUT2D eigenvalue weighted by Gasteiger charge is -2.36. The van der Waals surface area contributed by atoms with Crippen LogP contribution in [0.5, 0.6) is 0 Å². The Balaban J connectivity index is 2.93. The van der Waals surface area contributed by atoms with Gasteiger partial charge in [-0.15, -0.1) is 0 Å². The summed E-state index contributed by atoms with van der Waals surface area (Å²) >= 11 is 0. The molecule has 114 valence electrons. The largest absolute Gasteiger partial charge is 0.467 e. The highest BCUT2D eigenvalue weighted by molar-refractivity contribution is 6.38. The summed E-state index contributed by atoms with van der Waals surface area (Å²) in [6, 6.07) is -0.617. The molecule has 1 aliphatic rings. The Labute approximate surface area is 120 Å². The Hall–Kier alpha value is -1.39. The number of rotatable bonds is 4. The highest BCUT2D eigenvalue weighted by Crippen LogP contribution is 2.29. The van der Waals surface area contributed by atoms with Gasteiger partial charge in [-0.1, -0.05) is 27.7 Å². The van der Waals surface area contributed by atoms with Crippen molar-refractivity contribution in [2.75, 3.05) is 13.7 Å². The van der Waals surface area contributed by atoms with Crippen molar-refractivity contribution in [2.24, 2.45) is 11.3 Å². The summed E-state index contributed by atoms with van der Waals surface area (Å²) in [5.41, 5.74) is -0.727. The number of likely N-dealkylation sites (tertiary alicyclic amines) is 1. The maximum Gasteiger partial charge on any atom is 0.328 e. The molecule has 1 heterocycles. The van der Waals surface area contributed by atoms with E-state index < -0.39 is 29.1 Å². The summed E-state index contributed by atoms with van der Waals surface area (Å²) in [7, 11) is 1.31. The second-order valence-corrected chi connectivity index (χ2v) is 6.24. The number of methoxy groups -OCH3 is 1. The van der Waals surface area contributed by atoms with E-state index in [1.807, 2.05) is 13.8 Å². The van der Waals surface area contributed by atoms with Crippen LogP contribution in [-0.4, -0.2) is 42.3 Å². The first kappa shape index (κ1) is 16.7. The highest BCUT2D eigenvalue weighted by atomic mass is 16.5. The fourth-order valence-corrected chi connectivity index (χ4v) is 2.22. The van der Waals surface area contributed by atoms with Gasteiger partial charge in [-0.25, -0.2) is 4.79 Å². The first-order valence-corrected chi connectivity index (χ1v) is 7.16. The van der Waals surface area contributed by atoms with Gasteiger partial charge in [-0.2, -0.15) is 0 Å². The number of piperidine rings is 1. The van der Waals surface area contributed by atoms with Gasteiger partial charge in [0, 0.05) is 12.0 Å². The summed E-state index contributed by atoms with van der Waals surface area (Å²) < 4.78 is 4.74. The minimum absolute atomic E-state index is 0.0558. The maximum atomic E-state index is 12.4. The molecule has 20 heavy (non-hydrogen) atoms. The van der Waals surface area contributed by atoms with E-state index in [-0.39, 0.29) is 5.92 Å². The van der Waals surface area contributed by atoms with Gasteiger partial charge >= 0.3 is 5.97 Å². The molecule has 0 aromatic carbocycles. The molecule has 0 N–H and O–H groups in total. The van der Waals surface area contributed by atoms with Crippen molar-refractivity contribution in [3.8, 4) is 0 Å². The van der Waals surface area contributed by atoms with Crippen molar-refractivity contribution in [1.29, 1.82) is 0 Å². The van der Waals surface area contributed by atoms with Gasteiger partial charge in [0.15, 0.2) is 0 Å². The molecule has 1 saturated heterocycles. The summed E-state index contributed by atoms with van der Waals surface area (Å²) in [6.07, 6.45) is 2.24. The first-order chi connectivity index (χ1) is 9.23. The minimum atomic E-state index is -0.727. The molecule has 1 amide bonds. The Bertz CT molecular complexity index is 401. The van der Waals surface area contributed by atoms with E-state index in [4.69, 9.17) is 4.74 Å². The molecule has 0 aliphatic carbocycles. The third-order valence-corrected chi connectivity index (χ3v) is 4.46. The third kappa shape index (κ3) is 3.19. The fraction of sp³-hybridized carbons (Fsp3) is 0.800. The minimum Gasteiger partial charge on any atom is -0.467 e. The Morgan fingerprint density at radius 2 is 1.80 bits per heavy atom. The van der Waals surface area contributed by atoms with Crippen LogP contribution in [0.25, 0.3) is 0 Å². The van der Waals surface area contributed by atoms with Gasteiger partial charge < -0.3 is 9.64 Å². The molecule has 0 aromatic heterocycles. The van der Waals surface area contributed by atoms with Gasteiger partial charge in [0.1, 0.15) is 6.04 Å². The van der Waals surface area contributed by atoms with Crippen LogP contribution < -0.4 is 0 Å². The number of carbonyl (C=O) groups excluding carboxylic acids is 3. The number of hydrogen-bond acceptors (Lipinski definition) is 4. The normalized spacial score (nSPS) is 19.9. The van der Waals surface area contributed by atoms with E-state index in [1.165, 1.54) is 12.0 Å². The zero-order valence-corrected chi connectivity index (χ0v) is 13.1. The zero-order valence-electron chi connectivity index (χ0n) is 13.1. The molecule has 0 aromatic rings. The molecule has 0 bridgehead atoms. The van der Waals surface area contributed by atoms with Crippen molar-refractivity contribution in [2.45, 2.75) is 53.0 Å². The number of ether oxygens (including phenoxy) is 1. The molecule has 0 radical (unpaired) electrons. The van der Waals surface area contributed by atoms with E-state index in [0.29, 0.717) is 13.0 Å². The van der Waals surface area contributed by atoms with Gasteiger partial charge in [-0.05, 0) is 25.2 Å². The van der Waals surface area contributed by atoms with Crippen LogP contribution in [-0.2, 0) is 19.1 Å². The van der Waals surface area contributed by atoms with E-state index >= 15 is 0 Å². The van der Waals surface area contributed by atoms with Crippen LogP contribution in [0.2, 0.25) is 0 Å². The molecule has 1 rings (SSSR count). The van der Waals surface area contributed by atoms with E-state index in [1.54, 1.807) is 13.8 Å². The lowest BCUT2D eigenvalue weighted by Crippen LogP contribution is -2.53. The van der Waals surface area contributed by atoms with E-state index in [2.05, 4.69) is 0 Å².